The maximum Gasteiger partial charge on any atom is 0.254 e. The topological polar surface area (TPSA) is 78.6 Å². The van der Waals surface area contributed by atoms with E-state index in [1.165, 1.54) is 4.90 Å². The van der Waals surface area contributed by atoms with Gasteiger partial charge in [0.2, 0.25) is 0 Å². The maximum absolute atomic E-state index is 12.6. The fourth-order valence-corrected chi connectivity index (χ4v) is 2.98. The summed E-state index contributed by atoms with van der Waals surface area (Å²) in [6.07, 6.45) is 0. The van der Waals surface area contributed by atoms with Crippen LogP contribution in [0, 0.1) is 6.92 Å². The number of benzene rings is 2. The van der Waals surface area contributed by atoms with Crippen LogP contribution in [0.4, 0.5) is 0 Å². The Hall–Kier alpha value is -2.70. The highest BCUT2D eigenvalue weighted by Crippen LogP contribution is 2.22. The van der Waals surface area contributed by atoms with Gasteiger partial charge in [0.1, 0.15) is 5.82 Å². The van der Waals surface area contributed by atoms with Crippen molar-refractivity contribution in [2.75, 3.05) is 26.3 Å². The van der Waals surface area contributed by atoms with Crippen molar-refractivity contribution in [3.05, 3.63) is 59.9 Å². The van der Waals surface area contributed by atoms with Gasteiger partial charge >= 0.3 is 0 Å². The predicted octanol–water partition coefficient (Wildman–Crippen LogP) is 1.76. The second-order valence-corrected chi connectivity index (χ2v) is 5.77. The number of imidazole rings is 1. The van der Waals surface area contributed by atoms with Crippen molar-refractivity contribution in [2.24, 2.45) is 0 Å². The van der Waals surface area contributed by atoms with Crippen LogP contribution in [0.5, 0.6) is 0 Å². The number of aryl methyl sites for hydroxylation is 1. The van der Waals surface area contributed by atoms with Gasteiger partial charge in [0.15, 0.2) is 0 Å². The highest BCUT2D eigenvalue weighted by Gasteiger charge is 2.17. The molecule has 0 spiro atoms. The van der Waals surface area contributed by atoms with Crippen molar-refractivity contribution >= 4 is 16.9 Å². The number of hydrogen-bond acceptors (Lipinski definition) is 4. The minimum atomic E-state index is -0.225. The largest absolute Gasteiger partial charge is 0.395 e. The van der Waals surface area contributed by atoms with Gasteiger partial charge in [-0.05, 0) is 37.3 Å². The number of amides is 1. The smallest absolute Gasteiger partial charge is 0.254 e. The third-order valence-electron chi connectivity index (χ3n) is 4.11. The molecule has 0 saturated carbocycles. The molecular formula is C19H21N3O3. The molecule has 0 aliphatic carbocycles. The van der Waals surface area contributed by atoms with Crippen LogP contribution in [0.1, 0.15) is 16.2 Å². The molecule has 6 heteroatoms. The molecular weight excluding hydrogens is 318 g/mol. The van der Waals surface area contributed by atoms with E-state index in [1.54, 1.807) is 12.1 Å². The fourth-order valence-electron chi connectivity index (χ4n) is 2.98. The van der Waals surface area contributed by atoms with E-state index in [4.69, 9.17) is 10.2 Å². The summed E-state index contributed by atoms with van der Waals surface area (Å²) in [5.74, 6) is 0.616. The SMILES string of the molecule is Cc1nc2cc(C(=O)N(CCO)CCO)ccc2n1-c1ccccc1. The Morgan fingerprint density at radius 1 is 1.08 bits per heavy atom. The second-order valence-electron chi connectivity index (χ2n) is 5.77. The Bertz CT molecular complexity index is 868. The van der Waals surface area contributed by atoms with E-state index in [-0.39, 0.29) is 32.2 Å². The summed E-state index contributed by atoms with van der Waals surface area (Å²) in [5, 5.41) is 18.2. The molecule has 3 rings (SSSR count). The zero-order valence-electron chi connectivity index (χ0n) is 14.1. The molecule has 2 aromatic carbocycles. The summed E-state index contributed by atoms with van der Waals surface area (Å²) in [7, 11) is 0. The van der Waals surface area contributed by atoms with Crippen molar-refractivity contribution in [1.29, 1.82) is 0 Å². The van der Waals surface area contributed by atoms with Crippen LogP contribution in [-0.4, -0.2) is 56.9 Å². The molecule has 0 radical (unpaired) electrons. The molecule has 0 aliphatic rings. The first-order valence-corrected chi connectivity index (χ1v) is 8.21. The van der Waals surface area contributed by atoms with Gasteiger partial charge in [-0.25, -0.2) is 4.98 Å². The molecule has 6 nitrogen and oxygen atoms in total. The van der Waals surface area contributed by atoms with Gasteiger partial charge in [0.05, 0.1) is 24.2 Å². The van der Waals surface area contributed by atoms with Crippen molar-refractivity contribution in [3.8, 4) is 5.69 Å². The van der Waals surface area contributed by atoms with Gasteiger partial charge < -0.3 is 15.1 Å². The summed E-state index contributed by atoms with van der Waals surface area (Å²) in [4.78, 5) is 18.6. The van der Waals surface area contributed by atoms with Crippen LogP contribution in [-0.2, 0) is 0 Å². The van der Waals surface area contributed by atoms with Crippen LogP contribution in [0.3, 0.4) is 0 Å². The minimum Gasteiger partial charge on any atom is -0.395 e. The zero-order chi connectivity index (χ0) is 17.8. The molecule has 1 aromatic heterocycles. The van der Waals surface area contributed by atoms with Gasteiger partial charge in [0.25, 0.3) is 5.91 Å². The molecule has 1 amide bonds. The Balaban J connectivity index is 2.00. The monoisotopic (exact) mass is 339 g/mol. The molecule has 0 unspecified atom stereocenters. The third kappa shape index (κ3) is 3.40. The number of para-hydroxylation sites is 1. The number of hydrogen-bond donors (Lipinski definition) is 2. The molecule has 2 N–H and O–H groups in total. The number of aromatic nitrogens is 2. The van der Waals surface area contributed by atoms with Gasteiger partial charge in [-0.3, -0.25) is 9.36 Å². The average molecular weight is 339 g/mol. The Labute approximate surface area is 146 Å². The lowest BCUT2D eigenvalue weighted by molar-refractivity contribution is 0.0685. The molecule has 0 saturated heterocycles. The number of nitrogens with zero attached hydrogens (tertiary/aromatic N) is 3. The molecule has 1 heterocycles. The molecule has 0 atom stereocenters. The first kappa shape index (κ1) is 17.1. The highest BCUT2D eigenvalue weighted by atomic mass is 16.3. The molecule has 3 aromatic rings. The Kier molecular flexibility index (Phi) is 5.11. The van der Waals surface area contributed by atoms with E-state index in [2.05, 4.69) is 4.98 Å². The van der Waals surface area contributed by atoms with Crippen LogP contribution >= 0.6 is 0 Å². The number of carbonyl (C=O) groups excluding carboxylic acids is 1. The second kappa shape index (κ2) is 7.46. The van der Waals surface area contributed by atoms with E-state index in [1.807, 2.05) is 47.9 Å². The van der Waals surface area contributed by atoms with E-state index in [0.717, 1.165) is 22.5 Å². The quantitative estimate of drug-likeness (QED) is 0.717. The number of aliphatic hydroxyl groups excluding tert-OH is 2. The van der Waals surface area contributed by atoms with Crippen LogP contribution < -0.4 is 0 Å². The van der Waals surface area contributed by atoms with E-state index >= 15 is 0 Å². The minimum absolute atomic E-state index is 0.143. The van der Waals surface area contributed by atoms with Crippen molar-refractivity contribution in [2.45, 2.75) is 6.92 Å². The molecule has 0 fully saturated rings. The summed E-state index contributed by atoms with van der Waals surface area (Å²) in [5.41, 5.74) is 3.17. The fraction of sp³-hybridized carbons (Fsp3) is 0.263. The van der Waals surface area contributed by atoms with Crippen molar-refractivity contribution in [1.82, 2.24) is 14.5 Å². The Morgan fingerprint density at radius 2 is 1.76 bits per heavy atom. The zero-order valence-corrected chi connectivity index (χ0v) is 14.1. The van der Waals surface area contributed by atoms with Crippen LogP contribution in [0.2, 0.25) is 0 Å². The van der Waals surface area contributed by atoms with Gasteiger partial charge in [-0.1, -0.05) is 18.2 Å². The van der Waals surface area contributed by atoms with Crippen molar-refractivity contribution in [3.63, 3.8) is 0 Å². The van der Waals surface area contributed by atoms with E-state index in [0.29, 0.717) is 5.56 Å². The normalized spacial score (nSPS) is 11.0. The first-order valence-electron chi connectivity index (χ1n) is 8.21. The molecule has 130 valence electrons. The highest BCUT2D eigenvalue weighted by molar-refractivity contribution is 5.97. The number of carbonyl (C=O) groups is 1. The number of rotatable bonds is 6. The maximum atomic E-state index is 12.6. The summed E-state index contributed by atoms with van der Waals surface area (Å²) >= 11 is 0. The Morgan fingerprint density at radius 3 is 2.40 bits per heavy atom. The lowest BCUT2D eigenvalue weighted by atomic mass is 10.1. The van der Waals surface area contributed by atoms with E-state index < -0.39 is 0 Å². The number of aliphatic hydroxyl groups is 2. The lowest BCUT2D eigenvalue weighted by Gasteiger charge is -2.20. The van der Waals surface area contributed by atoms with Gasteiger partial charge in [-0.15, -0.1) is 0 Å². The van der Waals surface area contributed by atoms with Gasteiger partial charge in [-0.2, -0.15) is 0 Å². The van der Waals surface area contributed by atoms with Crippen molar-refractivity contribution < 1.29 is 15.0 Å². The molecule has 25 heavy (non-hydrogen) atoms. The first-order chi connectivity index (χ1) is 12.2. The average Bonchev–Trinajstić information content (AvgIpc) is 2.96. The molecule has 0 aliphatic heterocycles. The predicted molar refractivity (Wildman–Crippen MR) is 95.9 cm³/mol. The van der Waals surface area contributed by atoms with E-state index in [9.17, 15) is 4.79 Å². The third-order valence-corrected chi connectivity index (χ3v) is 4.11. The lowest BCUT2D eigenvalue weighted by Crippen LogP contribution is -2.35. The van der Waals surface area contributed by atoms with Gasteiger partial charge in [0, 0.05) is 24.3 Å². The summed E-state index contributed by atoms with van der Waals surface area (Å²) in [6.45, 7) is 2.02. The van der Waals surface area contributed by atoms with Crippen LogP contribution in [0.15, 0.2) is 48.5 Å². The summed E-state index contributed by atoms with van der Waals surface area (Å²) in [6, 6.07) is 15.3. The summed E-state index contributed by atoms with van der Waals surface area (Å²) < 4.78 is 2.04. The molecule has 0 bridgehead atoms. The number of fused-ring (bicyclic) bond motifs is 1. The van der Waals surface area contributed by atoms with Crippen LogP contribution in [0.25, 0.3) is 16.7 Å². The standard InChI is InChI=1S/C19H21N3O3/c1-14-20-17-13-15(19(25)21(9-11-23)10-12-24)7-8-18(17)22(14)16-5-3-2-4-6-16/h2-8,13,23-24H,9-12H2,1H3.